The molecule has 8 nitrogen and oxygen atoms in total. The van der Waals surface area contributed by atoms with E-state index in [2.05, 4.69) is 4.90 Å². The van der Waals surface area contributed by atoms with Crippen LogP contribution < -0.4 is 4.74 Å². The maximum atomic E-state index is 12.8. The lowest BCUT2D eigenvalue weighted by molar-refractivity contribution is -0.176. The molecule has 0 aromatic heterocycles. The number of benzene rings is 1. The van der Waals surface area contributed by atoms with Crippen LogP contribution in [0.2, 0.25) is 0 Å². The van der Waals surface area contributed by atoms with Gasteiger partial charge in [-0.05, 0) is 45.0 Å². The zero-order valence-corrected chi connectivity index (χ0v) is 19.5. The van der Waals surface area contributed by atoms with Crippen molar-refractivity contribution in [3.8, 4) is 5.75 Å². The molecule has 5 atom stereocenters. The number of nitrogens with zero attached hydrogens (tertiary/aromatic N) is 1. The predicted molar refractivity (Wildman–Crippen MR) is 117 cm³/mol. The minimum atomic E-state index is -1.09. The summed E-state index contributed by atoms with van der Waals surface area (Å²) in [5, 5.41) is 22.1. The van der Waals surface area contributed by atoms with Gasteiger partial charge < -0.3 is 29.3 Å². The Morgan fingerprint density at radius 2 is 2.03 bits per heavy atom. The van der Waals surface area contributed by atoms with Crippen molar-refractivity contribution in [2.75, 3.05) is 13.6 Å². The van der Waals surface area contributed by atoms with E-state index in [1.54, 1.807) is 19.9 Å². The summed E-state index contributed by atoms with van der Waals surface area (Å²) in [4.78, 5) is 26.9. The molecule has 33 heavy (non-hydrogen) atoms. The molecule has 0 amide bonds. The van der Waals surface area contributed by atoms with Crippen molar-refractivity contribution in [3.63, 3.8) is 0 Å². The number of ether oxygens (including phenoxy) is 3. The van der Waals surface area contributed by atoms with Crippen LogP contribution in [-0.2, 0) is 37.5 Å². The molecule has 5 rings (SSSR count). The largest absolute Gasteiger partial charge is 0.481 e. The van der Waals surface area contributed by atoms with Crippen LogP contribution in [-0.4, -0.2) is 64.5 Å². The fraction of sp³-hybridized carbons (Fsp3) is 0.600. The second-order valence-corrected chi connectivity index (χ2v) is 10.1. The normalized spacial score (nSPS) is 32.5. The number of aliphatic hydroxyl groups is 2. The second-order valence-electron chi connectivity index (χ2n) is 10.1. The van der Waals surface area contributed by atoms with Gasteiger partial charge in [-0.25, -0.2) is 4.79 Å². The number of carbonyl (C=O) groups is 2. The molecule has 4 aliphatic rings. The van der Waals surface area contributed by atoms with Crippen LogP contribution in [0.25, 0.3) is 0 Å². The fourth-order valence-corrected chi connectivity index (χ4v) is 6.19. The Morgan fingerprint density at radius 3 is 2.73 bits per heavy atom. The van der Waals surface area contributed by atoms with E-state index in [9.17, 15) is 19.8 Å². The lowest BCUT2D eigenvalue weighted by Gasteiger charge is -2.61. The summed E-state index contributed by atoms with van der Waals surface area (Å²) in [5.74, 6) is -0.598. The van der Waals surface area contributed by atoms with E-state index in [0.29, 0.717) is 36.3 Å². The molecular formula is C25H31NO7. The molecule has 2 aliphatic carbocycles. The van der Waals surface area contributed by atoms with Gasteiger partial charge in [-0.1, -0.05) is 26.0 Å². The number of hydrogen-bond acceptors (Lipinski definition) is 8. The molecule has 2 N–H and O–H groups in total. The highest BCUT2D eigenvalue weighted by molar-refractivity contribution is 5.80. The summed E-state index contributed by atoms with van der Waals surface area (Å²) < 4.78 is 17.4. The topological polar surface area (TPSA) is 106 Å². The number of rotatable bonds is 5. The number of likely N-dealkylation sites (N-methyl/N-ethyl adjacent to an activating group) is 1. The van der Waals surface area contributed by atoms with Crippen LogP contribution in [0.5, 0.6) is 5.75 Å². The van der Waals surface area contributed by atoms with Crippen LogP contribution in [0.15, 0.2) is 24.0 Å². The summed E-state index contributed by atoms with van der Waals surface area (Å²) in [6.45, 7) is 5.46. The molecular weight excluding hydrogens is 426 g/mol. The van der Waals surface area contributed by atoms with Crippen LogP contribution in [0.1, 0.15) is 50.3 Å². The number of esters is 2. The molecule has 2 bridgehead atoms. The Morgan fingerprint density at radius 1 is 1.27 bits per heavy atom. The number of piperidine rings is 1. The average molecular weight is 458 g/mol. The van der Waals surface area contributed by atoms with Crippen molar-refractivity contribution in [3.05, 3.63) is 40.7 Å². The van der Waals surface area contributed by atoms with Crippen molar-refractivity contribution in [2.24, 2.45) is 5.92 Å². The molecule has 1 fully saturated rings. The van der Waals surface area contributed by atoms with E-state index in [-0.39, 0.29) is 18.6 Å². The van der Waals surface area contributed by atoms with E-state index >= 15 is 0 Å². The van der Waals surface area contributed by atoms with E-state index in [1.807, 2.05) is 19.2 Å². The van der Waals surface area contributed by atoms with E-state index in [1.165, 1.54) is 6.92 Å². The number of hydrogen-bond donors (Lipinski definition) is 2. The molecule has 2 heterocycles. The van der Waals surface area contributed by atoms with Gasteiger partial charge in [-0.15, -0.1) is 0 Å². The molecule has 1 saturated heterocycles. The molecule has 1 aromatic rings. The lowest BCUT2D eigenvalue weighted by atomic mass is 9.50. The van der Waals surface area contributed by atoms with Gasteiger partial charge in [0.05, 0.1) is 23.5 Å². The third-order valence-electron chi connectivity index (χ3n) is 7.94. The molecule has 0 radical (unpaired) electrons. The van der Waals surface area contributed by atoms with Gasteiger partial charge in [-0.3, -0.25) is 4.79 Å². The highest BCUT2D eigenvalue weighted by Crippen LogP contribution is 2.64. The fourth-order valence-electron chi connectivity index (χ4n) is 6.19. The van der Waals surface area contributed by atoms with Gasteiger partial charge in [0.15, 0.2) is 12.2 Å². The molecule has 2 unspecified atom stereocenters. The first kappa shape index (κ1) is 22.4. The highest BCUT2D eigenvalue weighted by Gasteiger charge is 2.71. The maximum absolute atomic E-state index is 12.8. The number of aliphatic hydroxyl groups excluding tert-OH is 1. The monoisotopic (exact) mass is 457 g/mol. The highest BCUT2D eigenvalue weighted by atomic mass is 16.6. The predicted octanol–water partition coefficient (Wildman–Crippen LogP) is 1.59. The van der Waals surface area contributed by atoms with Crippen LogP contribution in [0, 0.1) is 5.92 Å². The summed E-state index contributed by atoms with van der Waals surface area (Å²) in [5.41, 5.74) is 0.815. The summed E-state index contributed by atoms with van der Waals surface area (Å²) in [6, 6.07) is 3.78. The van der Waals surface area contributed by atoms with Crippen molar-refractivity contribution in [1.29, 1.82) is 0 Å². The first-order valence-corrected chi connectivity index (χ1v) is 11.6. The molecule has 178 valence electrons. The third-order valence-corrected chi connectivity index (χ3v) is 7.94. The molecule has 8 heteroatoms. The van der Waals surface area contributed by atoms with E-state index < -0.39 is 35.2 Å². The SMILES string of the molecule is CC(C)C(=O)O[C@@H](C)C(=O)OC1=CC[C@@]2(O)[C@H]3Cc4ccc(CO)c5c4C2(CCN3C)C1O5. The number of likely N-dealkylation sites (tertiary alicyclic amines) is 1. The van der Waals surface area contributed by atoms with Crippen molar-refractivity contribution >= 4 is 11.9 Å². The first-order chi connectivity index (χ1) is 15.6. The maximum Gasteiger partial charge on any atom is 0.352 e. The van der Waals surface area contributed by atoms with Crippen molar-refractivity contribution in [1.82, 2.24) is 4.90 Å². The van der Waals surface area contributed by atoms with Crippen molar-refractivity contribution < 1.29 is 34.0 Å². The molecule has 1 aromatic carbocycles. The zero-order valence-electron chi connectivity index (χ0n) is 19.5. The zero-order chi connectivity index (χ0) is 23.7. The summed E-state index contributed by atoms with van der Waals surface area (Å²) in [6.07, 6.45) is 1.59. The summed E-state index contributed by atoms with van der Waals surface area (Å²) in [7, 11) is 2.03. The van der Waals surface area contributed by atoms with Crippen molar-refractivity contribution in [2.45, 2.75) is 75.9 Å². The Labute approximate surface area is 193 Å². The van der Waals surface area contributed by atoms with Crippen LogP contribution in [0.4, 0.5) is 0 Å². The van der Waals surface area contributed by atoms with Gasteiger partial charge in [0.1, 0.15) is 11.5 Å². The van der Waals surface area contributed by atoms with E-state index in [0.717, 1.165) is 17.7 Å². The van der Waals surface area contributed by atoms with Crippen LogP contribution in [0.3, 0.4) is 0 Å². The second kappa shape index (κ2) is 7.55. The van der Waals surface area contributed by atoms with Gasteiger partial charge in [0, 0.05) is 23.6 Å². The minimum Gasteiger partial charge on any atom is -0.481 e. The molecule has 0 saturated carbocycles. The minimum absolute atomic E-state index is 0.102. The van der Waals surface area contributed by atoms with Gasteiger partial charge >= 0.3 is 11.9 Å². The smallest absolute Gasteiger partial charge is 0.352 e. The quantitative estimate of drug-likeness (QED) is 0.643. The van der Waals surface area contributed by atoms with E-state index in [4.69, 9.17) is 14.2 Å². The standard InChI is InChI=1S/C25H31NO7/c1-13(2)22(28)31-14(3)23(29)32-17-7-8-25(30)18-11-15-5-6-16(12-27)20-19(15)24(25,21(17)33-20)9-10-26(18)4/h5-7,13-14,18,21,27,30H,8-12H2,1-4H3/t14-,18+,21?,24?,25+/m0/s1. The number of carbonyl (C=O) groups excluding carboxylic acids is 2. The average Bonchev–Trinajstić information content (AvgIpc) is 3.13. The van der Waals surface area contributed by atoms with Crippen LogP contribution >= 0.6 is 0 Å². The Bertz CT molecular complexity index is 1050. The Balaban J connectivity index is 1.54. The van der Waals surface area contributed by atoms with Gasteiger partial charge in [0.25, 0.3) is 0 Å². The molecule has 2 aliphatic heterocycles. The Hall–Kier alpha value is -2.42. The summed E-state index contributed by atoms with van der Waals surface area (Å²) >= 11 is 0. The Kier molecular flexibility index (Phi) is 5.12. The van der Waals surface area contributed by atoms with Gasteiger partial charge in [0.2, 0.25) is 0 Å². The van der Waals surface area contributed by atoms with Gasteiger partial charge in [-0.2, -0.15) is 0 Å². The first-order valence-electron chi connectivity index (χ1n) is 11.6. The third kappa shape index (κ3) is 2.93. The molecule has 1 spiro atoms. The lowest BCUT2D eigenvalue weighted by Crippen LogP contribution is -2.74.